The van der Waals surface area contributed by atoms with Gasteiger partial charge in [0.05, 0.1) is 23.9 Å². The van der Waals surface area contributed by atoms with E-state index in [9.17, 15) is 13.2 Å². The van der Waals surface area contributed by atoms with Crippen molar-refractivity contribution in [3.05, 3.63) is 83.2 Å². The van der Waals surface area contributed by atoms with E-state index in [4.69, 9.17) is 4.74 Å². The monoisotopic (exact) mass is 464 g/mol. The topological polar surface area (TPSA) is 113 Å². The van der Waals surface area contributed by atoms with E-state index < -0.39 is 16.0 Å². The maximum atomic E-state index is 12.7. The molecule has 0 aliphatic carbocycles. The summed E-state index contributed by atoms with van der Waals surface area (Å²) >= 11 is 0. The number of aromatic amines is 1. The van der Waals surface area contributed by atoms with Crippen LogP contribution in [0.1, 0.15) is 27.2 Å². The van der Waals surface area contributed by atoms with Crippen molar-refractivity contribution in [3.8, 4) is 0 Å². The molecule has 33 heavy (non-hydrogen) atoms. The molecule has 0 saturated carbocycles. The van der Waals surface area contributed by atoms with Crippen LogP contribution in [0, 0.1) is 13.8 Å². The van der Waals surface area contributed by atoms with E-state index in [1.807, 2.05) is 32.0 Å². The van der Waals surface area contributed by atoms with Gasteiger partial charge in [-0.25, -0.2) is 18.2 Å². The van der Waals surface area contributed by atoms with Crippen LogP contribution in [0.3, 0.4) is 0 Å². The van der Waals surface area contributed by atoms with Gasteiger partial charge in [0.2, 0.25) is 0 Å². The molecule has 170 valence electrons. The average Bonchev–Trinajstić information content (AvgIpc) is 3.22. The third-order valence-electron chi connectivity index (χ3n) is 5.29. The van der Waals surface area contributed by atoms with Gasteiger partial charge < -0.3 is 15.0 Å². The summed E-state index contributed by atoms with van der Waals surface area (Å²) < 4.78 is 32.8. The van der Waals surface area contributed by atoms with Crippen LogP contribution in [-0.2, 0) is 21.3 Å². The molecule has 0 radical (unpaired) electrons. The number of nitrogens with one attached hydrogen (secondary N) is 3. The summed E-state index contributed by atoms with van der Waals surface area (Å²) in [7, 11) is -2.35. The van der Waals surface area contributed by atoms with Crippen molar-refractivity contribution in [2.45, 2.75) is 25.3 Å². The second kappa shape index (κ2) is 8.95. The van der Waals surface area contributed by atoms with Gasteiger partial charge in [-0.15, -0.1) is 0 Å². The number of esters is 1. The third kappa shape index (κ3) is 4.98. The summed E-state index contributed by atoms with van der Waals surface area (Å²) in [6.07, 6.45) is 1.67. The number of anilines is 2. The maximum Gasteiger partial charge on any atom is 0.354 e. The van der Waals surface area contributed by atoms with Gasteiger partial charge >= 0.3 is 5.97 Å². The molecule has 2 aromatic carbocycles. The summed E-state index contributed by atoms with van der Waals surface area (Å²) in [6.45, 7) is 4.34. The molecular formula is C24H24N4O4S. The molecule has 0 saturated heterocycles. The van der Waals surface area contributed by atoms with Crippen molar-refractivity contribution in [3.63, 3.8) is 0 Å². The number of sulfonamides is 1. The Labute approximate surface area is 192 Å². The minimum atomic E-state index is -3.68. The lowest BCUT2D eigenvalue weighted by Gasteiger charge is -2.13. The van der Waals surface area contributed by atoms with Gasteiger partial charge in [0.1, 0.15) is 11.3 Å². The number of pyridine rings is 1. The van der Waals surface area contributed by atoms with E-state index in [-0.39, 0.29) is 4.90 Å². The number of benzene rings is 2. The van der Waals surface area contributed by atoms with Crippen LogP contribution in [0.2, 0.25) is 0 Å². The molecule has 0 atom stereocenters. The quantitative estimate of drug-likeness (QED) is 0.350. The van der Waals surface area contributed by atoms with Crippen molar-refractivity contribution in [2.24, 2.45) is 0 Å². The zero-order valence-electron chi connectivity index (χ0n) is 18.5. The summed E-state index contributed by atoms with van der Waals surface area (Å²) in [5, 5.41) is 4.08. The molecule has 9 heteroatoms. The molecule has 2 heterocycles. The minimum absolute atomic E-state index is 0.213. The molecular weight excluding hydrogens is 440 g/mol. The average molecular weight is 465 g/mol. The number of hydrogen-bond acceptors (Lipinski definition) is 6. The van der Waals surface area contributed by atoms with Crippen molar-refractivity contribution >= 4 is 38.4 Å². The highest BCUT2D eigenvalue weighted by Crippen LogP contribution is 2.22. The lowest BCUT2D eigenvalue weighted by atomic mass is 10.1. The predicted molar refractivity (Wildman–Crippen MR) is 128 cm³/mol. The smallest absolute Gasteiger partial charge is 0.354 e. The van der Waals surface area contributed by atoms with Crippen LogP contribution in [0.5, 0.6) is 0 Å². The zero-order chi connectivity index (χ0) is 23.6. The Hall–Kier alpha value is -3.85. The Kier molecular flexibility index (Phi) is 6.06. The number of carbonyl (C=O) groups excluding carboxylic acids is 1. The summed E-state index contributed by atoms with van der Waals surface area (Å²) in [6, 6.07) is 15.7. The maximum absolute atomic E-state index is 12.7. The Bertz CT molecular complexity index is 1430. The number of hydrogen-bond donors (Lipinski definition) is 3. The zero-order valence-corrected chi connectivity index (χ0v) is 19.3. The number of aromatic nitrogens is 2. The first kappa shape index (κ1) is 22.3. The first-order chi connectivity index (χ1) is 15.7. The summed E-state index contributed by atoms with van der Waals surface area (Å²) in [4.78, 5) is 19.2. The molecule has 8 nitrogen and oxygen atoms in total. The number of H-pyrrole nitrogens is 1. The number of ether oxygens (including phenoxy) is 1. The van der Waals surface area contributed by atoms with Gasteiger partial charge in [-0.1, -0.05) is 23.8 Å². The van der Waals surface area contributed by atoms with Crippen molar-refractivity contribution < 1.29 is 17.9 Å². The van der Waals surface area contributed by atoms with Crippen LogP contribution in [0.25, 0.3) is 11.0 Å². The normalized spacial score (nSPS) is 11.4. The Morgan fingerprint density at radius 2 is 1.79 bits per heavy atom. The van der Waals surface area contributed by atoms with Crippen LogP contribution in [0.4, 0.5) is 11.4 Å². The third-order valence-corrected chi connectivity index (χ3v) is 6.69. The molecule has 3 N–H and O–H groups in total. The molecule has 0 amide bonds. The fourth-order valence-electron chi connectivity index (χ4n) is 3.39. The van der Waals surface area contributed by atoms with Crippen LogP contribution >= 0.6 is 0 Å². The molecule has 4 rings (SSSR count). The SMILES string of the molecule is COC(=O)c1cc2cc(NCc3cc(NS(=O)(=O)c4ccc(C)cc4)ccc3C)cnc2[nH]1. The molecule has 0 aliphatic rings. The van der Waals surface area contributed by atoms with Gasteiger partial charge in [-0.05, 0) is 61.4 Å². The molecule has 0 bridgehead atoms. The number of fused-ring (bicyclic) bond motifs is 1. The van der Waals surface area contributed by atoms with E-state index in [0.29, 0.717) is 23.6 Å². The van der Waals surface area contributed by atoms with Crippen molar-refractivity contribution in [1.82, 2.24) is 9.97 Å². The minimum Gasteiger partial charge on any atom is -0.464 e. The molecule has 0 unspecified atom stereocenters. The number of nitrogens with zero attached hydrogens (tertiary/aromatic N) is 1. The Morgan fingerprint density at radius 1 is 1.03 bits per heavy atom. The highest BCUT2D eigenvalue weighted by Gasteiger charge is 2.15. The molecule has 2 aromatic heterocycles. The van der Waals surface area contributed by atoms with Gasteiger partial charge in [-0.2, -0.15) is 0 Å². The van der Waals surface area contributed by atoms with Gasteiger partial charge in [0.25, 0.3) is 10.0 Å². The van der Waals surface area contributed by atoms with Crippen molar-refractivity contribution in [2.75, 3.05) is 17.1 Å². The standard InChI is InChI=1S/C24H24N4O4S/c1-15-4-8-21(9-5-15)33(30,31)28-19-7-6-16(2)18(11-19)13-25-20-10-17-12-22(24(29)32-3)27-23(17)26-14-20/h4-12,14,25,28H,13H2,1-3H3,(H,26,27). The lowest BCUT2D eigenvalue weighted by Crippen LogP contribution is -2.13. The van der Waals surface area contributed by atoms with Crippen molar-refractivity contribution in [1.29, 1.82) is 0 Å². The van der Waals surface area contributed by atoms with E-state index in [2.05, 4.69) is 20.0 Å². The number of methoxy groups -OCH3 is 1. The molecule has 4 aromatic rings. The number of rotatable bonds is 7. The van der Waals surface area contributed by atoms with E-state index in [0.717, 1.165) is 27.8 Å². The largest absolute Gasteiger partial charge is 0.464 e. The van der Waals surface area contributed by atoms with Gasteiger partial charge in [0, 0.05) is 17.6 Å². The fourth-order valence-corrected chi connectivity index (χ4v) is 4.44. The van der Waals surface area contributed by atoms with E-state index >= 15 is 0 Å². The number of aryl methyl sites for hydroxylation is 2. The molecule has 0 spiro atoms. The van der Waals surface area contributed by atoms with E-state index in [1.54, 1.807) is 42.6 Å². The second-order valence-electron chi connectivity index (χ2n) is 7.75. The van der Waals surface area contributed by atoms with Crippen LogP contribution < -0.4 is 10.0 Å². The van der Waals surface area contributed by atoms with Gasteiger partial charge in [-0.3, -0.25) is 4.72 Å². The highest BCUT2D eigenvalue weighted by atomic mass is 32.2. The predicted octanol–water partition coefficient (Wildman–Crippen LogP) is 4.38. The number of carbonyl (C=O) groups is 1. The molecule has 0 aliphatic heterocycles. The van der Waals surface area contributed by atoms with Crippen LogP contribution in [0.15, 0.2) is 65.7 Å². The lowest BCUT2D eigenvalue weighted by molar-refractivity contribution is 0.0595. The summed E-state index contributed by atoms with van der Waals surface area (Å²) in [5.74, 6) is -0.456. The highest BCUT2D eigenvalue weighted by molar-refractivity contribution is 7.92. The van der Waals surface area contributed by atoms with Gasteiger partial charge in [0.15, 0.2) is 0 Å². The molecule has 0 fully saturated rings. The first-order valence-corrected chi connectivity index (χ1v) is 11.7. The first-order valence-electron chi connectivity index (χ1n) is 10.2. The van der Waals surface area contributed by atoms with E-state index in [1.165, 1.54) is 7.11 Å². The Morgan fingerprint density at radius 3 is 2.52 bits per heavy atom. The fraction of sp³-hybridized carbons (Fsp3) is 0.167. The summed E-state index contributed by atoms with van der Waals surface area (Å²) in [5.41, 5.74) is 5.12. The van der Waals surface area contributed by atoms with Crippen LogP contribution in [-0.4, -0.2) is 31.5 Å². The Balaban J connectivity index is 1.50. The second-order valence-corrected chi connectivity index (χ2v) is 9.43.